The second kappa shape index (κ2) is 6.12. The summed E-state index contributed by atoms with van der Waals surface area (Å²) in [7, 11) is 0. The third-order valence-electron chi connectivity index (χ3n) is 2.62. The van der Waals surface area contributed by atoms with Crippen molar-refractivity contribution >= 4 is 0 Å². The zero-order chi connectivity index (χ0) is 12.8. The first-order chi connectivity index (χ1) is 8.75. The van der Waals surface area contributed by atoms with Crippen LogP contribution in [-0.4, -0.2) is 16.6 Å². The second-order valence-corrected chi connectivity index (χ2v) is 4.14. The molecule has 0 amide bonds. The Bertz CT molecular complexity index is 468. The van der Waals surface area contributed by atoms with Gasteiger partial charge in [0, 0.05) is 36.6 Å². The van der Waals surface area contributed by atoms with Crippen molar-refractivity contribution in [3.05, 3.63) is 54.0 Å². The molecule has 2 heterocycles. The van der Waals surface area contributed by atoms with Crippen LogP contribution >= 0.6 is 0 Å². The van der Waals surface area contributed by atoms with Crippen LogP contribution in [0.1, 0.15) is 24.2 Å². The molecule has 2 N–H and O–H groups in total. The van der Waals surface area contributed by atoms with Crippen LogP contribution in [0.15, 0.2) is 42.7 Å². The van der Waals surface area contributed by atoms with Crippen molar-refractivity contribution in [2.24, 2.45) is 5.73 Å². The van der Waals surface area contributed by atoms with Gasteiger partial charge in [-0.15, -0.1) is 0 Å². The van der Waals surface area contributed by atoms with Gasteiger partial charge in [0.15, 0.2) is 0 Å². The summed E-state index contributed by atoms with van der Waals surface area (Å²) in [4.78, 5) is 8.44. The van der Waals surface area contributed by atoms with E-state index in [2.05, 4.69) is 9.97 Å². The molecule has 0 bridgehead atoms. The lowest BCUT2D eigenvalue weighted by molar-refractivity contribution is 0.308. The van der Waals surface area contributed by atoms with Crippen LogP contribution in [0.5, 0.6) is 5.88 Å². The van der Waals surface area contributed by atoms with Crippen molar-refractivity contribution in [2.75, 3.05) is 6.61 Å². The van der Waals surface area contributed by atoms with E-state index in [1.807, 2.05) is 37.3 Å². The number of ether oxygens (including phenoxy) is 1. The monoisotopic (exact) mass is 243 g/mol. The van der Waals surface area contributed by atoms with E-state index in [1.165, 1.54) is 0 Å². The van der Waals surface area contributed by atoms with Crippen LogP contribution in [0.2, 0.25) is 0 Å². The van der Waals surface area contributed by atoms with Crippen LogP contribution in [0.25, 0.3) is 0 Å². The number of rotatable bonds is 5. The molecule has 4 nitrogen and oxygen atoms in total. The zero-order valence-electron chi connectivity index (χ0n) is 10.4. The standard InChI is InChI=1S/C14H17N3O/c1-11(15)12-5-6-14(17-10-12)18-9-7-13-4-2-3-8-16-13/h2-6,8,10-11H,7,9,15H2,1H3/t11-/m1/s1. The fourth-order valence-corrected chi connectivity index (χ4v) is 1.55. The lowest BCUT2D eigenvalue weighted by atomic mass is 10.2. The van der Waals surface area contributed by atoms with Gasteiger partial charge >= 0.3 is 0 Å². The Hall–Kier alpha value is -1.94. The SMILES string of the molecule is C[C@@H](N)c1ccc(OCCc2ccccn2)nc1. The van der Waals surface area contributed by atoms with Gasteiger partial charge in [0.05, 0.1) is 6.61 Å². The Balaban J connectivity index is 1.83. The fraction of sp³-hybridized carbons (Fsp3) is 0.286. The predicted molar refractivity (Wildman–Crippen MR) is 70.3 cm³/mol. The van der Waals surface area contributed by atoms with E-state index in [4.69, 9.17) is 10.5 Å². The van der Waals surface area contributed by atoms with Gasteiger partial charge in [0.2, 0.25) is 5.88 Å². The van der Waals surface area contributed by atoms with E-state index in [-0.39, 0.29) is 6.04 Å². The fourth-order valence-electron chi connectivity index (χ4n) is 1.55. The maximum atomic E-state index is 5.75. The molecule has 2 aromatic heterocycles. The first-order valence-electron chi connectivity index (χ1n) is 6.00. The van der Waals surface area contributed by atoms with Crippen molar-refractivity contribution in [1.82, 2.24) is 9.97 Å². The van der Waals surface area contributed by atoms with Crippen molar-refractivity contribution in [3.8, 4) is 5.88 Å². The third kappa shape index (κ3) is 3.53. The molecule has 0 aliphatic rings. The molecule has 0 fully saturated rings. The molecule has 18 heavy (non-hydrogen) atoms. The minimum absolute atomic E-state index is 0.0000637. The van der Waals surface area contributed by atoms with Crippen molar-refractivity contribution in [2.45, 2.75) is 19.4 Å². The van der Waals surface area contributed by atoms with Gasteiger partial charge in [-0.05, 0) is 24.6 Å². The summed E-state index contributed by atoms with van der Waals surface area (Å²) in [6, 6.07) is 9.64. The first kappa shape index (κ1) is 12.5. The summed E-state index contributed by atoms with van der Waals surface area (Å²) in [5.41, 5.74) is 7.78. The summed E-state index contributed by atoms with van der Waals surface area (Å²) in [5.74, 6) is 0.621. The number of pyridine rings is 2. The van der Waals surface area contributed by atoms with Gasteiger partial charge < -0.3 is 10.5 Å². The summed E-state index contributed by atoms with van der Waals surface area (Å²) < 4.78 is 5.55. The van der Waals surface area contributed by atoms with Gasteiger partial charge in [-0.3, -0.25) is 4.98 Å². The maximum absolute atomic E-state index is 5.75. The maximum Gasteiger partial charge on any atom is 0.213 e. The molecular weight excluding hydrogens is 226 g/mol. The van der Waals surface area contributed by atoms with Gasteiger partial charge in [-0.25, -0.2) is 4.98 Å². The number of hydrogen-bond acceptors (Lipinski definition) is 4. The Labute approximate surface area is 107 Å². The van der Waals surface area contributed by atoms with Crippen LogP contribution in [-0.2, 0) is 6.42 Å². The molecule has 0 aliphatic carbocycles. The summed E-state index contributed by atoms with van der Waals surface area (Å²) in [5, 5.41) is 0. The summed E-state index contributed by atoms with van der Waals surface area (Å²) in [6.07, 6.45) is 4.31. The number of nitrogens with two attached hydrogens (primary N) is 1. The van der Waals surface area contributed by atoms with E-state index in [9.17, 15) is 0 Å². The Morgan fingerprint density at radius 1 is 1.22 bits per heavy atom. The zero-order valence-corrected chi connectivity index (χ0v) is 10.4. The van der Waals surface area contributed by atoms with E-state index in [1.54, 1.807) is 12.4 Å². The lowest BCUT2D eigenvalue weighted by Crippen LogP contribution is -2.07. The van der Waals surface area contributed by atoms with Gasteiger partial charge in [-0.1, -0.05) is 12.1 Å². The molecule has 0 saturated carbocycles. The van der Waals surface area contributed by atoms with Crippen LogP contribution in [0, 0.1) is 0 Å². The van der Waals surface area contributed by atoms with Crippen LogP contribution in [0.4, 0.5) is 0 Å². The molecule has 0 unspecified atom stereocenters. The molecule has 2 aromatic rings. The molecule has 2 rings (SSSR count). The van der Waals surface area contributed by atoms with Crippen LogP contribution < -0.4 is 10.5 Å². The van der Waals surface area contributed by atoms with E-state index in [0.717, 1.165) is 17.7 Å². The molecule has 0 spiro atoms. The topological polar surface area (TPSA) is 61.0 Å². The Morgan fingerprint density at radius 2 is 2.11 bits per heavy atom. The van der Waals surface area contributed by atoms with E-state index >= 15 is 0 Å². The van der Waals surface area contributed by atoms with Crippen molar-refractivity contribution in [1.29, 1.82) is 0 Å². The van der Waals surface area contributed by atoms with Crippen molar-refractivity contribution in [3.63, 3.8) is 0 Å². The number of aromatic nitrogens is 2. The highest BCUT2D eigenvalue weighted by Gasteiger charge is 2.01. The van der Waals surface area contributed by atoms with Gasteiger partial charge in [-0.2, -0.15) is 0 Å². The molecular formula is C14H17N3O. The molecule has 94 valence electrons. The Morgan fingerprint density at radius 3 is 2.72 bits per heavy atom. The minimum Gasteiger partial charge on any atom is -0.477 e. The molecule has 0 radical (unpaired) electrons. The molecule has 0 aliphatic heterocycles. The average molecular weight is 243 g/mol. The molecule has 0 aromatic carbocycles. The largest absolute Gasteiger partial charge is 0.477 e. The van der Waals surface area contributed by atoms with Gasteiger partial charge in [0.25, 0.3) is 0 Å². The molecule has 0 saturated heterocycles. The second-order valence-electron chi connectivity index (χ2n) is 4.14. The van der Waals surface area contributed by atoms with Gasteiger partial charge in [0.1, 0.15) is 0 Å². The Kier molecular flexibility index (Phi) is 4.25. The van der Waals surface area contributed by atoms with Crippen LogP contribution in [0.3, 0.4) is 0 Å². The van der Waals surface area contributed by atoms with E-state index < -0.39 is 0 Å². The number of hydrogen-bond donors (Lipinski definition) is 1. The average Bonchev–Trinajstić information content (AvgIpc) is 2.40. The molecule has 1 atom stereocenters. The predicted octanol–water partition coefficient (Wildman–Crippen LogP) is 2.12. The summed E-state index contributed by atoms with van der Waals surface area (Å²) in [6.45, 7) is 2.50. The quantitative estimate of drug-likeness (QED) is 0.873. The third-order valence-corrected chi connectivity index (χ3v) is 2.62. The molecule has 4 heteroatoms. The minimum atomic E-state index is 0.0000637. The van der Waals surface area contributed by atoms with Crippen molar-refractivity contribution < 1.29 is 4.74 Å². The smallest absolute Gasteiger partial charge is 0.213 e. The number of nitrogens with zero attached hydrogens (tertiary/aromatic N) is 2. The highest BCUT2D eigenvalue weighted by atomic mass is 16.5. The highest BCUT2D eigenvalue weighted by Crippen LogP contribution is 2.12. The van der Waals surface area contributed by atoms with E-state index in [0.29, 0.717) is 12.5 Å². The normalized spacial score (nSPS) is 12.1. The highest BCUT2D eigenvalue weighted by molar-refractivity contribution is 5.20. The first-order valence-corrected chi connectivity index (χ1v) is 6.00. The lowest BCUT2D eigenvalue weighted by Gasteiger charge is -2.07. The summed E-state index contributed by atoms with van der Waals surface area (Å²) >= 11 is 0.